The summed E-state index contributed by atoms with van der Waals surface area (Å²) < 4.78 is 67.9. The molecule has 0 saturated carbocycles. The van der Waals surface area contributed by atoms with Crippen LogP contribution in [0.5, 0.6) is 5.75 Å². The van der Waals surface area contributed by atoms with E-state index >= 15 is 0 Å². The highest BCUT2D eigenvalue weighted by atomic mass is 32.2. The number of hydrogen-bond donors (Lipinski definition) is 0. The van der Waals surface area contributed by atoms with Crippen LogP contribution in [-0.2, 0) is 10.1 Å². The number of fused-ring (bicyclic) bond motifs is 4. The predicted molar refractivity (Wildman–Crippen MR) is 163 cm³/mol. The van der Waals surface area contributed by atoms with E-state index in [4.69, 9.17) is 0 Å². The second kappa shape index (κ2) is 9.60. The highest BCUT2D eigenvalue weighted by Gasteiger charge is 2.48. The van der Waals surface area contributed by atoms with Crippen molar-refractivity contribution >= 4 is 53.2 Å². The quantitative estimate of drug-likeness (QED) is 0.119. The molecule has 7 aromatic rings. The molecule has 0 unspecified atom stereocenters. The molecule has 3 nitrogen and oxygen atoms in total. The second-order valence-corrected chi connectivity index (χ2v) is 11.5. The average molecular weight is 579 g/mol. The first-order valence-electron chi connectivity index (χ1n) is 13.2. The summed E-state index contributed by atoms with van der Waals surface area (Å²) in [5.41, 5.74) is -1.72. The molecule has 0 bridgehead atoms. The van der Waals surface area contributed by atoms with Crippen molar-refractivity contribution in [3.05, 3.63) is 127 Å². The summed E-state index contributed by atoms with van der Waals surface area (Å²) in [6.07, 6.45) is 0. The van der Waals surface area contributed by atoms with E-state index in [0.717, 1.165) is 54.6 Å². The van der Waals surface area contributed by atoms with Crippen LogP contribution in [0.4, 0.5) is 13.2 Å². The summed E-state index contributed by atoms with van der Waals surface area (Å²) in [5, 5.41) is 7.04. The van der Waals surface area contributed by atoms with E-state index < -0.39 is 15.6 Å². The van der Waals surface area contributed by atoms with Gasteiger partial charge in [-0.05, 0) is 66.0 Å². The lowest BCUT2D eigenvalue weighted by molar-refractivity contribution is -0.0499. The summed E-state index contributed by atoms with van der Waals surface area (Å²) in [6.45, 7) is 0. The van der Waals surface area contributed by atoms with Crippen LogP contribution in [0.3, 0.4) is 0 Å². The molecule has 7 aromatic carbocycles. The van der Waals surface area contributed by atoms with E-state index in [1.165, 1.54) is 12.1 Å². The normalized spacial score (nSPS) is 12.4. The Bertz CT molecular complexity index is 2230. The van der Waals surface area contributed by atoms with Crippen molar-refractivity contribution in [2.24, 2.45) is 0 Å². The summed E-state index contributed by atoms with van der Waals surface area (Å²) in [4.78, 5) is 0. The highest BCUT2D eigenvalue weighted by Crippen LogP contribution is 2.47. The largest absolute Gasteiger partial charge is 0.534 e. The molecule has 0 fully saturated rings. The van der Waals surface area contributed by atoms with Crippen LogP contribution in [0, 0.1) is 0 Å². The third kappa shape index (κ3) is 4.08. The van der Waals surface area contributed by atoms with Gasteiger partial charge in [-0.1, -0.05) is 121 Å². The number of alkyl halides is 3. The maximum absolute atomic E-state index is 13.2. The Labute approximate surface area is 239 Å². The lowest BCUT2D eigenvalue weighted by Crippen LogP contribution is -2.28. The van der Waals surface area contributed by atoms with Crippen molar-refractivity contribution in [3.8, 4) is 28.0 Å². The third-order valence-electron chi connectivity index (χ3n) is 7.62. The first-order chi connectivity index (χ1) is 20.2. The van der Waals surface area contributed by atoms with Crippen molar-refractivity contribution in [1.82, 2.24) is 0 Å². The fourth-order valence-electron chi connectivity index (χ4n) is 5.89. The molecule has 0 amide bonds. The Morgan fingerprint density at radius 3 is 1.43 bits per heavy atom. The minimum atomic E-state index is -5.84. The van der Waals surface area contributed by atoms with Crippen molar-refractivity contribution in [1.29, 1.82) is 0 Å². The van der Waals surface area contributed by atoms with Crippen molar-refractivity contribution < 1.29 is 25.8 Å². The smallest absolute Gasteiger partial charge is 0.375 e. The van der Waals surface area contributed by atoms with Gasteiger partial charge in [0.1, 0.15) is 0 Å². The van der Waals surface area contributed by atoms with Crippen LogP contribution in [0.1, 0.15) is 0 Å². The maximum atomic E-state index is 13.2. The minimum Gasteiger partial charge on any atom is -0.375 e. The van der Waals surface area contributed by atoms with Crippen LogP contribution < -0.4 is 4.18 Å². The zero-order valence-electron chi connectivity index (χ0n) is 21.9. The van der Waals surface area contributed by atoms with Crippen LogP contribution in [0.25, 0.3) is 65.3 Å². The molecule has 7 heteroatoms. The lowest BCUT2D eigenvalue weighted by Gasteiger charge is -2.20. The molecule has 0 N–H and O–H groups in total. The molecule has 0 aliphatic heterocycles. The molecule has 7 rings (SSSR count). The van der Waals surface area contributed by atoms with Crippen LogP contribution >= 0.6 is 0 Å². The van der Waals surface area contributed by atoms with Gasteiger partial charge in [-0.15, -0.1) is 0 Å². The average Bonchev–Trinajstić information content (AvgIpc) is 2.99. The summed E-state index contributed by atoms with van der Waals surface area (Å²) in [6, 6.07) is 40.3. The van der Waals surface area contributed by atoms with Gasteiger partial charge < -0.3 is 4.18 Å². The molecule has 0 aromatic heterocycles. The Morgan fingerprint density at radius 2 is 0.857 bits per heavy atom. The predicted octanol–water partition coefficient (Wildman–Crippen LogP) is 9.86. The number of benzene rings is 7. The highest BCUT2D eigenvalue weighted by molar-refractivity contribution is 7.88. The molecule has 0 saturated heterocycles. The zero-order valence-corrected chi connectivity index (χ0v) is 22.7. The number of rotatable bonds is 4. The Hall–Kier alpha value is -4.88. The number of halogens is 3. The first kappa shape index (κ1) is 26.0. The van der Waals surface area contributed by atoms with Gasteiger partial charge in [0, 0.05) is 5.39 Å². The molecular weight excluding hydrogens is 557 g/mol. The molecule has 42 heavy (non-hydrogen) atoms. The number of hydrogen-bond acceptors (Lipinski definition) is 3. The van der Waals surface area contributed by atoms with Crippen molar-refractivity contribution in [2.45, 2.75) is 5.51 Å². The Balaban J connectivity index is 1.57. The van der Waals surface area contributed by atoms with Crippen LogP contribution in [-0.4, -0.2) is 13.9 Å². The van der Waals surface area contributed by atoms with Gasteiger partial charge in [-0.2, -0.15) is 21.6 Å². The van der Waals surface area contributed by atoms with E-state index in [1.54, 1.807) is 18.2 Å². The molecular formula is C35H21F3O3S. The van der Waals surface area contributed by atoms with E-state index in [0.29, 0.717) is 5.39 Å². The lowest BCUT2D eigenvalue weighted by atomic mass is 9.84. The van der Waals surface area contributed by atoms with Gasteiger partial charge >= 0.3 is 15.6 Å². The molecule has 0 spiro atoms. The van der Waals surface area contributed by atoms with Crippen LogP contribution in [0.15, 0.2) is 127 Å². The molecule has 0 heterocycles. The van der Waals surface area contributed by atoms with Gasteiger partial charge in [-0.3, -0.25) is 0 Å². The summed E-state index contributed by atoms with van der Waals surface area (Å²) in [7, 11) is -5.84. The third-order valence-corrected chi connectivity index (χ3v) is 8.59. The van der Waals surface area contributed by atoms with Gasteiger partial charge in [0.2, 0.25) is 0 Å². The fourth-order valence-corrected chi connectivity index (χ4v) is 6.37. The molecule has 0 aliphatic rings. The fraction of sp³-hybridized carbons (Fsp3) is 0.0286. The van der Waals surface area contributed by atoms with E-state index in [1.807, 2.05) is 54.6 Å². The Morgan fingerprint density at radius 1 is 0.452 bits per heavy atom. The first-order valence-corrected chi connectivity index (χ1v) is 14.6. The Kier molecular flexibility index (Phi) is 5.95. The van der Waals surface area contributed by atoms with Crippen LogP contribution in [0.2, 0.25) is 0 Å². The van der Waals surface area contributed by atoms with E-state index in [-0.39, 0.29) is 11.1 Å². The van der Waals surface area contributed by atoms with Crippen molar-refractivity contribution in [2.75, 3.05) is 0 Å². The molecule has 0 atom stereocenters. The van der Waals surface area contributed by atoms with Gasteiger partial charge in [0.05, 0.1) is 0 Å². The van der Waals surface area contributed by atoms with Gasteiger partial charge in [-0.25, -0.2) is 0 Å². The SMILES string of the molecule is O=S(=O)(Oc1cccc2c(-c3c4ccccc4c(-c4cccc5ccccc45)c4ccccc34)cccc12)C(F)(F)F. The summed E-state index contributed by atoms with van der Waals surface area (Å²) >= 11 is 0. The van der Waals surface area contributed by atoms with Gasteiger partial charge in [0.15, 0.2) is 5.75 Å². The molecule has 0 radical (unpaired) electrons. The topological polar surface area (TPSA) is 43.4 Å². The van der Waals surface area contributed by atoms with Crippen molar-refractivity contribution in [3.63, 3.8) is 0 Å². The monoisotopic (exact) mass is 578 g/mol. The van der Waals surface area contributed by atoms with E-state index in [2.05, 4.69) is 46.6 Å². The molecule has 0 aliphatic carbocycles. The standard InChI is InChI=1S/C35H21F3O3S/c36-35(37,38)42(39,40)41-32-21-9-17-24-25(32)18-8-20-27(24)34-30-15-5-3-13-28(30)33(29-14-4-6-16-31(29)34)26-19-7-11-22-10-1-2-12-23(22)26/h1-21H. The minimum absolute atomic E-state index is 0.258. The zero-order chi connectivity index (χ0) is 29.1. The second-order valence-electron chi connectivity index (χ2n) is 10.0. The van der Waals surface area contributed by atoms with E-state index in [9.17, 15) is 21.6 Å². The molecule has 206 valence electrons. The summed E-state index contributed by atoms with van der Waals surface area (Å²) in [5.74, 6) is -0.382. The van der Waals surface area contributed by atoms with Gasteiger partial charge in [0.25, 0.3) is 0 Å². The maximum Gasteiger partial charge on any atom is 0.534 e.